The van der Waals surface area contributed by atoms with Crippen molar-refractivity contribution in [1.29, 1.82) is 4.94 Å². The molecule has 0 aromatic carbocycles. The molecule has 20 heavy (non-hydrogen) atoms. The zero-order chi connectivity index (χ0) is 19.4. The van der Waals surface area contributed by atoms with E-state index in [1.54, 1.807) is 26.2 Å². The van der Waals surface area contributed by atoms with Gasteiger partial charge in [0.1, 0.15) is 0 Å². The van der Waals surface area contributed by atoms with E-state index in [1.165, 1.54) is 0 Å². The molecule has 0 aliphatic heterocycles. The second kappa shape index (κ2) is 9.32. The third-order valence-corrected chi connectivity index (χ3v) is 16.0. The summed E-state index contributed by atoms with van der Waals surface area (Å²) >= 11 is 0. The minimum absolute atomic E-state index is 0.452. The fraction of sp³-hybridized carbons (Fsp3) is 1.00. The molecular formula is C10H32O4Si6. The monoisotopic (exact) mass is 392 g/mol. The van der Waals surface area contributed by atoms with E-state index >= 15 is 0 Å². The number of hydrogen-bond acceptors (Lipinski definition) is 4. The van der Waals surface area contributed by atoms with Crippen LogP contribution < -0.4 is 0 Å². The van der Waals surface area contributed by atoms with Crippen molar-refractivity contribution in [2.24, 2.45) is 0 Å². The van der Waals surface area contributed by atoms with Crippen molar-refractivity contribution < 1.29 is 16.5 Å². The Labute approximate surface area is 140 Å². The summed E-state index contributed by atoms with van der Waals surface area (Å²) in [5.41, 5.74) is 0. The van der Waals surface area contributed by atoms with Crippen LogP contribution in [0.4, 0.5) is 0 Å². The van der Waals surface area contributed by atoms with E-state index in [-0.39, 0.29) is 0 Å². The molecule has 0 rings (SSSR count). The van der Waals surface area contributed by atoms with Gasteiger partial charge in [0.25, 0.3) is 0 Å². The van der Waals surface area contributed by atoms with Gasteiger partial charge in [0.05, 0.1) is 0 Å². The van der Waals surface area contributed by atoms with Crippen LogP contribution in [0.15, 0.2) is 0 Å². The lowest BCUT2D eigenvalue weighted by molar-refractivity contribution is 0.278. The Hall–Kier alpha value is 1.14. The highest BCUT2D eigenvalue weighted by Crippen LogP contribution is 2.25. The van der Waals surface area contributed by atoms with Crippen molar-refractivity contribution in [3.05, 3.63) is 0 Å². The third kappa shape index (κ3) is 9.22. The Morgan fingerprint density at radius 3 is 1.70 bits per heavy atom. The van der Waals surface area contributed by atoms with Gasteiger partial charge in [-0.25, -0.2) is 0 Å². The Balaban J connectivity index is 5.37. The van der Waals surface area contributed by atoms with Gasteiger partial charge in [-0.05, 0) is 58.4 Å². The molecule has 0 aromatic heterocycles. The predicted molar refractivity (Wildman–Crippen MR) is 101 cm³/mol. The van der Waals surface area contributed by atoms with Gasteiger partial charge >= 0.3 is 8.80 Å². The molecule has 4 nitrogen and oxygen atoms in total. The molecular weight excluding hydrogens is 353 g/mol. The van der Waals surface area contributed by atoms with Crippen LogP contribution >= 0.6 is 0 Å². The summed E-state index contributed by atoms with van der Waals surface area (Å²) in [4.78, 5) is 0. The van der Waals surface area contributed by atoms with Crippen LogP contribution in [0.1, 0.15) is 0 Å². The van der Waals surface area contributed by atoms with E-state index in [2.05, 4.69) is 13.1 Å². The van der Waals surface area contributed by atoms with Crippen molar-refractivity contribution in [2.45, 2.75) is 64.5 Å². The molecule has 0 spiro atoms. The second-order valence-electron chi connectivity index (χ2n) is 6.08. The average Bonchev–Trinajstić information content (AvgIpc) is 2.18. The highest BCUT2D eigenvalue weighted by molar-refractivity contribution is 6.81. The van der Waals surface area contributed by atoms with E-state index in [1.807, 2.05) is 13.1 Å². The summed E-state index contributed by atoms with van der Waals surface area (Å²) in [6, 6.07) is 1.13. The Morgan fingerprint density at radius 2 is 1.35 bits per heavy atom. The predicted octanol–water partition coefficient (Wildman–Crippen LogP) is 1.96. The maximum atomic E-state index is 8.20. The maximum absolute atomic E-state index is 8.20. The van der Waals surface area contributed by atoms with Gasteiger partial charge in [-0.2, -0.15) is 0 Å². The van der Waals surface area contributed by atoms with Gasteiger partial charge in [0, 0.05) is 11.0 Å². The molecule has 0 fully saturated rings. The van der Waals surface area contributed by atoms with Crippen molar-refractivity contribution in [2.75, 3.05) is 0 Å². The van der Waals surface area contributed by atoms with E-state index in [0.29, 0.717) is 12.1 Å². The van der Waals surface area contributed by atoms with Crippen molar-refractivity contribution in [1.82, 2.24) is 0 Å². The Morgan fingerprint density at radius 1 is 0.900 bits per heavy atom. The van der Waals surface area contributed by atoms with E-state index < -0.39 is 54.5 Å². The van der Waals surface area contributed by atoms with E-state index in [0.717, 1.165) is 0 Å². The zero-order valence-corrected chi connectivity index (χ0v) is 20.0. The fourth-order valence-electron chi connectivity index (χ4n) is 1.90. The molecule has 2 radical (unpaired) electrons. The first-order valence-corrected chi connectivity index (χ1v) is 19.5. The van der Waals surface area contributed by atoms with Crippen LogP contribution in [0.5, 0.6) is 0 Å². The lowest BCUT2D eigenvalue weighted by Gasteiger charge is -2.35. The lowest BCUT2D eigenvalue weighted by Crippen LogP contribution is -2.52. The maximum Gasteiger partial charge on any atom is 0.468 e. The van der Waals surface area contributed by atoms with Crippen LogP contribution in [0.3, 0.4) is 0 Å². The molecule has 10 heteroatoms. The van der Waals surface area contributed by atoms with Crippen molar-refractivity contribution >= 4 is 54.5 Å². The topological polar surface area (TPSA) is 36.9 Å². The summed E-state index contributed by atoms with van der Waals surface area (Å²) in [6.45, 7) is 14.8. The third-order valence-electron chi connectivity index (χ3n) is 2.39. The normalized spacial score (nSPS) is 18.2. The number of rotatable bonds is 11. The number of hydrogen-bond donors (Lipinski definition) is 0. The van der Waals surface area contributed by atoms with Crippen LogP contribution in [0.2, 0.25) is 64.5 Å². The quantitative estimate of drug-likeness (QED) is 0.504. The van der Waals surface area contributed by atoms with E-state index in [9.17, 15) is 0 Å². The first kappa shape index (κ1) is 14.7. The average molecular weight is 393 g/mol. The Bertz CT molecular complexity index is 380. The first-order chi connectivity index (χ1) is 10.4. The van der Waals surface area contributed by atoms with Gasteiger partial charge in [-0.1, -0.05) is 0 Å². The van der Waals surface area contributed by atoms with Crippen LogP contribution in [0.25, 0.3) is 0 Å². The highest BCUT2D eigenvalue weighted by atomic mass is 28.5. The molecule has 0 heterocycles. The summed E-state index contributed by atoms with van der Waals surface area (Å²) in [5.74, 6) is 0. The van der Waals surface area contributed by atoms with Crippen LogP contribution in [-0.2, 0) is 16.5 Å². The molecule has 0 unspecified atom stereocenters. The standard InChI is InChI=1S/C10H32O4Si6/c1-16(2)12-19(7,8)9-10-20(11-15,13-17(3)4)14-18(5)6/h15-18H,9-10H2,1-8H3/i15T,16T,17T,18T. The largest absolute Gasteiger partial charge is 0.468 e. The first-order valence-electron chi connectivity index (χ1n) is 8.84. The minimum Gasteiger partial charge on any atom is -0.458 e. The van der Waals surface area contributed by atoms with Crippen molar-refractivity contribution in [3.8, 4) is 0 Å². The second-order valence-corrected chi connectivity index (χ2v) is 20.7. The molecule has 0 amide bonds. The lowest BCUT2D eigenvalue weighted by atomic mass is 10.9. The highest BCUT2D eigenvalue weighted by Gasteiger charge is 2.42. The van der Waals surface area contributed by atoms with Gasteiger partial charge in [-0.3, -0.25) is 0 Å². The Kier molecular flexibility index (Phi) is 6.86. The molecule has 0 aliphatic rings. The molecule has 0 aromatic rings. The molecule has 0 saturated carbocycles. The minimum atomic E-state index is -3.27. The fourth-order valence-corrected chi connectivity index (χ4v) is 18.2. The van der Waals surface area contributed by atoms with Crippen molar-refractivity contribution in [3.63, 3.8) is 0 Å². The smallest absolute Gasteiger partial charge is 0.458 e. The molecule has 0 atom stereocenters. The van der Waals surface area contributed by atoms with Crippen LogP contribution in [-0.4, -0.2) is 59.4 Å². The molecule has 0 saturated heterocycles. The zero-order valence-electron chi connectivity index (χ0n) is 18.0. The molecule has 0 bridgehead atoms. The van der Waals surface area contributed by atoms with Crippen LogP contribution in [0, 0.1) is 0 Å². The van der Waals surface area contributed by atoms with Gasteiger partial charge < -0.3 is 16.5 Å². The van der Waals surface area contributed by atoms with E-state index in [4.69, 9.17) is 21.4 Å². The summed E-state index contributed by atoms with van der Waals surface area (Å²) in [6.07, 6.45) is 0. The molecule has 0 aliphatic carbocycles. The summed E-state index contributed by atoms with van der Waals surface area (Å²) in [5, 5.41) is 0. The SMILES string of the molecule is [3H][Si]O[Si](CC[Si](C)(C)O[Si]([3H])(C)C)(O[Si]([3H])(C)C)O[Si]([3H])(C)C. The summed E-state index contributed by atoms with van der Waals surface area (Å²) < 4.78 is 55.7. The molecule has 0 N–H and O–H groups in total. The van der Waals surface area contributed by atoms with Gasteiger partial charge in [0.15, 0.2) is 45.7 Å². The summed E-state index contributed by atoms with van der Waals surface area (Å²) in [7, 11) is -13.7. The van der Waals surface area contributed by atoms with Gasteiger partial charge in [0.2, 0.25) is 0 Å². The van der Waals surface area contributed by atoms with Gasteiger partial charge in [-0.15, -0.1) is 0 Å². The molecule has 120 valence electrons.